The summed E-state index contributed by atoms with van der Waals surface area (Å²) in [5, 5.41) is 7.98. The highest BCUT2D eigenvalue weighted by Gasteiger charge is 2.30. The molecule has 1 aliphatic heterocycles. The molecule has 3 aromatic rings. The van der Waals surface area contributed by atoms with Gasteiger partial charge < -0.3 is 14.8 Å². The number of primary sulfonamides is 1. The molecule has 0 spiro atoms. The van der Waals surface area contributed by atoms with Crippen molar-refractivity contribution in [2.24, 2.45) is 5.14 Å². The molecule has 1 unspecified atom stereocenters. The second-order valence-electron chi connectivity index (χ2n) is 8.38. The Kier molecular flexibility index (Phi) is 7.39. The minimum absolute atomic E-state index is 0.0433. The number of fused-ring (bicyclic) bond motifs is 1. The Morgan fingerprint density at radius 1 is 1.03 bits per heavy atom. The third-order valence-corrected chi connectivity index (χ3v) is 7.07. The molecule has 0 bridgehead atoms. The molecule has 0 aliphatic carbocycles. The lowest BCUT2D eigenvalue weighted by atomic mass is 9.87. The van der Waals surface area contributed by atoms with E-state index in [0.717, 1.165) is 24.1 Å². The standard InChI is InChI=1S/C26H29N3O5S/c1-33-23-15-19-11-13-29(26(18-7-4-3-5-8-18)22(19)17-24(23)34-2)14-12-25(30)28-20-9-6-10-21(16-20)35(27,31)32/h3-10,15-17,26H,11-14H2,1-2H3,(H,28,30)(H2,27,31,32). The quantitative estimate of drug-likeness (QED) is 0.496. The smallest absolute Gasteiger partial charge is 0.238 e. The maximum Gasteiger partial charge on any atom is 0.238 e. The SMILES string of the molecule is COc1cc2c(cc1OC)C(c1ccccc1)N(CCC(=O)Nc1cccc(S(N)(=O)=O)c1)CC2. The van der Waals surface area contributed by atoms with E-state index in [1.165, 1.54) is 17.7 Å². The zero-order valence-corrected chi connectivity index (χ0v) is 20.5. The van der Waals surface area contributed by atoms with Gasteiger partial charge in [0.05, 0.1) is 25.2 Å². The van der Waals surface area contributed by atoms with E-state index in [9.17, 15) is 13.2 Å². The van der Waals surface area contributed by atoms with Crippen LogP contribution in [0.2, 0.25) is 0 Å². The number of rotatable bonds is 8. The number of nitrogens with zero attached hydrogens (tertiary/aromatic N) is 1. The molecule has 0 aromatic heterocycles. The lowest BCUT2D eigenvalue weighted by Crippen LogP contribution is -2.38. The van der Waals surface area contributed by atoms with Crippen LogP contribution in [0.25, 0.3) is 0 Å². The molecule has 35 heavy (non-hydrogen) atoms. The van der Waals surface area contributed by atoms with Gasteiger partial charge in [0.2, 0.25) is 15.9 Å². The van der Waals surface area contributed by atoms with Crippen molar-refractivity contribution in [3.8, 4) is 11.5 Å². The number of carbonyl (C=O) groups is 1. The molecule has 184 valence electrons. The van der Waals surface area contributed by atoms with E-state index in [1.807, 2.05) is 30.3 Å². The number of methoxy groups -OCH3 is 2. The van der Waals surface area contributed by atoms with Crippen molar-refractivity contribution < 1.29 is 22.7 Å². The molecule has 0 radical (unpaired) electrons. The summed E-state index contributed by atoms with van der Waals surface area (Å²) in [4.78, 5) is 15.0. The van der Waals surface area contributed by atoms with Crippen LogP contribution >= 0.6 is 0 Å². The number of amides is 1. The van der Waals surface area contributed by atoms with Gasteiger partial charge in [0.1, 0.15) is 0 Å². The van der Waals surface area contributed by atoms with Crippen molar-refractivity contribution >= 4 is 21.6 Å². The highest BCUT2D eigenvalue weighted by Crippen LogP contribution is 2.41. The zero-order valence-electron chi connectivity index (χ0n) is 19.7. The fourth-order valence-electron chi connectivity index (χ4n) is 4.48. The third-order valence-electron chi connectivity index (χ3n) is 6.16. The topological polar surface area (TPSA) is 111 Å². The zero-order chi connectivity index (χ0) is 25.0. The summed E-state index contributed by atoms with van der Waals surface area (Å²) in [5.41, 5.74) is 3.84. The van der Waals surface area contributed by atoms with Crippen molar-refractivity contribution in [3.05, 3.63) is 83.4 Å². The number of hydrogen-bond acceptors (Lipinski definition) is 6. The fraction of sp³-hybridized carbons (Fsp3) is 0.269. The molecule has 4 rings (SSSR count). The van der Waals surface area contributed by atoms with Crippen LogP contribution in [0.4, 0.5) is 5.69 Å². The van der Waals surface area contributed by atoms with Crippen LogP contribution < -0.4 is 19.9 Å². The first kappa shape index (κ1) is 24.7. The van der Waals surface area contributed by atoms with Gasteiger partial charge in [-0.1, -0.05) is 36.4 Å². The van der Waals surface area contributed by atoms with Crippen LogP contribution in [0.3, 0.4) is 0 Å². The number of nitrogens with one attached hydrogen (secondary N) is 1. The van der Waals surface area contributed by atoms with Crippen LogP contribution in [-0.2, 0) is 21.2 Å². The van der Waals surface area contributed by atoms with Gasteiger partial charge in [0.25, 0.3) is 0 Å². The van der Waals surface area contributed by atoms with Crippen molar-refractivity contribution in [2.75, 3.05) is 32.6 Å². The normalized spacial score (nSPS) is 15.8. The number of ether oxygens (including phenoxy) is 2. The highest BCUT2D eigenvalue weighted by molar-refractivity contribution is 7.89. The molecule has 3 aromatic carbocycles. The fourth-order valence-corrected chi connectivity index (χ4v) is 5.04. The molecule has 1 aliphatic rings. The number of carbonyl (C=O) groups excluding carboxylic acids is 1. The van der Waals surface area contributed by atoms with Gasteiger partial charge >= 0.3 is 0 Å². The van der Waals surface area contributed by atoms with Crippen LogP contribution in [-0.4, -0.2) is 46.5 Å². The van der Waals surface area contributed by atoms with Gasteiger partial charge in [-0.3, -0.25) is 9.69 Å². The second kappa shape index (κ2) is 10.5. The van der Waals surface area contributed by atoms with Gasteiger partial charge in [-0.25, -0.2) is 13.6 Å². The van der Waals surface area contributed by atoms with E-state index in [4.69, 9.17) is 14.6 Å². The Labute approximate surface area is 205 Å². The lowest BCUT2D eigenvalue weighted by Gasteiger charge is -2.38. The third kappa shape index (κ3) is 5.64. The largest absolute Gasteiger partial charge is 0.493 e. The minimum atomic E-state index is -3.85. The minimum Gasteiger partial charge on any atom is -0.493 e. The van der Waals surface area contributed by atoms with Crippen molar-refractivity contribution in [2.45, 2.75) is 23.8 Å². The van der Waals surface area contributed by atoms with Gasteiger partial charge in [-0.15, -0.1) is 0 Å². The predicted molar refractivity (Wildman–Crippen MR) is 134 cm³/mol. The Balaban J connectivity index is 1.55. The summed E-state index contributed by atoms with van der Waals surface area (Å²) in [6.07, 6.45) is 1.06. The van der Waals surface area contributed by atoms with Gasteiger partial charge in [0.15, 0.2) is 11.5 Å². The Hall–Kier alpha value is -3.40. The molecule has 9 heteroatoms. The maximum atomic E-state index is 12.7. The second-order valence-corrected chi connectivity index (χ2v) is 9.94. The molecule has 0 saturated heterocycles. The Morgan fingerprint density at radius 3 is 2.43 bits per heavy atom. The number of hydrogen-bond donors (Lipinski definition) is 2. The van der Waals surface area contributed by atoms with E-state index in [1.54, 1.807) is 26.4 Å². The van der Waals surface area contributed by atoms with Crippen LogP contribution in [0.15, 0.2) is 71.6 Å². The van der Waals surface area contributed by atoms with Crippen LogP contribution in [0.5, 0.6) is 11.5 Å². The molecule has 1 amide bonds. The summed E-state index contributed by atoms with van der Waals surface area (Å²) >= 11 is 0. The molecule has 8 nitrogen and oxygen atoms in total. The van der Waals surface area contributed by atoms with Crippen LogP contribution in [0.1, 0.15) is 29.2 Å². The predicted octanol–water partition coefficient (Wildman–Crippen LogP) is 3.33. The monoisotopic (exact) mass is 495 g/mol. The molecule has 0 fully saturated rings. The highest BCUT2D eigenvalue weighted by atomic mass is 32.2. The number of anilines is 1. The summed E-state index contributed by atoms with van der Waals surface area (Å²) in [6.45, 7) is 1.30. The Morgan fingerprint density at radius 2 is 1.74 bits per heavy atom. The molecular weight excluding hydrogens is 466 g/mol. The molecular formula is C26H29N3O5S. The number of nitrogens with two attached hydrogens (primary N) is 1. The maximum absolute atomic E-state index is 12.7. The molecule has 1 heterocycles. The van der Waals surface area contributed by atoms with Gasteiger partial charge in [-0.05, 0) is 53.4 Å². The first-order valence-electron chi connectivity index (χ1n) is 11.3. The summed E-state index contributed by atoms with van der Waals surface area (Å²) in [5.74, 6) is 1.16. The molecule has 0 saturated carbocycles. The molecule has 1 atom stereocenters. The van der Waals surface area contributed by atoms with Crippen LogP contribution in [0, 0.1) is 0 Å². The number of benzene rings is 3. The van der Waals surface area contributed by atoms with Crippen molar-refractivity contribution in [1.29, 1.82) is 0 Å². The first-order chi connectivity index (χ1) is 16.8. The van der Waals surface area contributed by atoms with E-state index < -0.39 is 10.0 Å². The molecule has 3 N–H and O–H groups in total. The first-order valence-corrected chi connectivity index (χ1v) is 12.8. The van der Waals surface area contributed by atoms with Gasteiger partial charge in [0, 0.05) is 25.2 Å². The van der Waals surface area contributed by atoms with E-state index in [-0.39, 0.29) is 23.3 Å². The van der Waals surface area contributed by atoms with Crippen molar-refractivity contribution in [3.63, 3.8) is 0 Å². The van der Waals surface area contributed by atoms with Crippen molar-refractivity contribution in [1.82, 2.24) is 4.90 Å². The van der Waals surface area contributed by atoms with Gasteiger partial charge in [-0.2, -0.15) is 0 Å². The van der Waals surface area contributed by atoms with E-state index >= 15 is 0 Å². The van der Waals surface area contributed by atoms with E-state index in [0.29, 0.717) is 23.7 Å². The lowest BCUT2D eigenvalue weighted by molar-refractivity contribution is -0.116. The summed E-state index contributed by atoms with van der Waals surface area (Å²) < 4.78 is 34.3. The average molecular weight is 496 g/mol. The van der Waals surface area contributed by atoms with E-state index in [2.05, 4.69) is 22.3 Å². The number of sulfonamides is 1. The average Bonchev–Trinajstić information content (AvgIpc) is 2.86. The summed E-state index contributed by atoms with van der Waals surface area (Å²) in [7, 11) is -0.594. The summed E-state index contributed by atoms with van der Waals surface area (Å²) in [6, 6.07) is 20.1. The Bertz CT molecular complexity index is 1310.